The summed E-state index contributed by atoms with van der Waals surface area (Å²) < 4.78 is 43.5. The summed E-state index contributed by atoms with van der Waals surface area (Å²) in [5.74, 6) is -2.05. The minimum atomic E-state index is -4.68. The second-order valence-corrected chi connectivity index (χ2v) is 6.00. The largest absolute Gasteiger partial charge is 0.449 e. The highest BCUT2D eigenvalue weighted by molar-refractivity contribution is 6.30. The van der Waals surface area contributed by atoms with Crippen molar-refractivity contribution in [2.24, 2.45) is 5.73 Å². The molecule has 138 valence electrons. The van der Waals surface area contributed by atoms with E-state index in [1.807, 2.05) is 0 Å². The average Bonchev–Trinajstić information content (AvgIpc) is 3.17. The van der Waals surface area contributed by atoms with E-state index in [9.17, 15) is 22.8 Å². The number of nitrogens with one attached hydrogen (secondary N) is 1. The molecule has 0 aliphatic carbocycles. The van der Waals surface area contributed by atoms with Crippen LogP contribution in [-0.4, -0.2) is 39.5 Å². The van der Waals surface area contributed by atoms with E-state index in [0.717, 1.165) is 11.1 Å². The van der Waals surface area contributed by atoms with Gasteiger partial charge in [0.1, 0.15) is 6.04 Å². The molecule has 0 bridgehead atoms. The molecule has 7 nitrogen and oxygen atoms in total. The number of cyclic esters (lactones) is 1. The summed E-state index contributed by atoms with van der Waals surface area (Å²) in [6.07, 6.45) is -5.77. The smallest absolute Gasteiger partial charge is 0.434 e. The van der Waals surface area contributed by atoms with Crippen LogP contribution in [-0.2, 0) is 15.7 Å². The molecule has 11 heteroatoms. The molecule has 1 aromatic carbocycles. The number of aromatic nitrogens is 2. The Kier molecular flexibility index (Phi) is 4.53. The molecule has 1 saturated heterocycles. The van der Waals surface area contributed by atoms with Crippen LogP contribution in [0.2, 0.25) is 5.02 Å². The molecule has 0 spiro atoms. The molecule has 1 aliphatic rings. The van der Waals surface area contributed by atoms with Gasteiger partial charge in [0.2, 0.25) is 5.82 Å². The van der Waals surface area contributed by atoms with Crippen molar-refractivity contribution in [3.05, 3.63) is 52.6 Å². The standard InChI is InChI=1S/C15H12ClF3N4O3/c16-8-3-1-7(2-4-8)11(9-5-21-13(22-9)15(17,18)19)23-6-10(12(20)24)26-14(23)25/h1-5,10-11H,6H2,(H2,20,24)(H,21,22)/t10?,11-/m0/s1. The van der Waals surface area contributed by atoms with Crippen molar-refractivity contribution in [3.63, 3.8) is 0 Å². The Morgan fingerprint density at radius 1 is 1.38 bits per heavy atom. The van der Waals surface area contributed by atoms with Gasteiger partial charge in [0, 0.05) is 5.02 Å². The zero-order valence-corrected chi connectivity index (χ0v) is 13.7. The van der Waals surface area contributed by atoms with E-state index in [2.05, 4.69) is 9.97 Å². The predicted octanol–water partition coefficient (Wildman–Crippen LogP) is 2.48. The fourth-order valence-corrected chi connectivity index (χ4v) is 2.76. The number of aromatic amines is 1. The van der Waals surface area contributed by atoms with Gasteiger partial charge in [-0.15, -0.1) is 0 Å². The third kappa shape index (κ3) is 3.45. The molecule has 3 N–H and O–H groups in total. The van der Waals surface area contributed by atoms with Crippen LogP contribution in [0.1, 0.15) is 23.1 Å². The molecule has 2 amide bonds. The van der Waals surface area contributed by atoms with E-state index in [0.29, 0.717) is 10.6 Å². The Balaban J connectivity index is 2.03. The maximum atomic E-state index is 12.9. The number of H-pyrrole nitrogens is 1. The van der Waals surface area contributed by atoms with Crippen molar-refractivity contribution in [1.82, 2.24) is 14.9 Å². The molecular weight excluding hydrogens is 377 g/mol. The number of primary amides is 1. The average molecular weight is 389 g/mol. The van der Waals surface area contributed by atoms with Gasteiger partial charge in [-0.25, -0.2) is 9.78 Å². The predicted molar refractivity (Wildman–Crippen MR) is 83.1 cm³/mol. The quantitative estimate of drug-likeness (QED) is 0.840. The number of nitrogens with two attached hydrogens (primary N) is 1. The molecule has 3 rings (SSSR count). The first kappa shape index (κ1) is 18.1. The molecule has 2 aromatic rings. The Labute approximate surface area is 149 Å². The SMILES string of the molecule is NC(=O)C1CN([C@@H](c2ccc(Cl)cc2)c2cnc(C(F)(F)F)[nH]2)C(=O)O1. The molecule has 26 heavy (non-hydrogen) atoms. The number of ether oxygens (including phenoxy) is 1. The maximum absolute atomic E-state index is 12.9. The first-order valence-corrected chi connectivity index (χ1v) is 7.68. The molecule has 0 radical (unpaired) electrons. The lowest BCUT2D eigenvalue weighted by atomic mass is 10.0. The lowest BCUT2D eigenvalue weighted by Crippen LogP contribution is -2.35. The van der Waals surface area contributed by atoms with E-state index in [1.54, 1.807) is 12.1 Å². The second kappa shape index (κ2) is 6.52. The minimum Gasteiger partial charge on any atom is -0.434 e. The van der Waals surface area contributed by atoms with E-state index >= 15 is 0 Å². The summed E-state index contributed by atoms with van der Waals surface area (Å²) in [5, 5.41) is 0.409. The van der Waals surface area contributed by atoms with Gasteiger partial charge in [0.15, 0.2) is 6.10 Å². The first-order chi connectivity index (χ1) is 12.2. The summed E-state index contributed by atoms with van der Waals surface area (Å²) in [5.41, 5.74) is 5.61. The summed E-state index contributed by atoms with van der Waals surface area (Å²) >= 11 is 5.84. The summed E-state index contributed by atoms with van der Waals surface area (Å²) in [6.45, 7) is -0.207. The van der Waals surface area contributed by atoms with Crippen LogP contribution in [0.3, 0.4) is 0 Å². The van der Waals surface area contributed by atoms with Gasteiger partial charge in [-0.3, -0.25) is 9.69 Å². The van der Waals surface area contributed by atoms with E-state index in [4.69, 9.17) is 22.1 Å². The van der Waals surface area contributed by atoms with Crippen LogP contribution >= 0.6 is 11.6 Å². The number of carbonyl (C=O) groups is 2. The molecule has 1 aliphatic heterocycles. The highest BCUT2D eigenvalue weighted by atomic mass is 35.5. The van der Waals surface area contributed by atoms with Crippen molar-refractivity contribution in [2.45, 2.75) is 18.3 Å². The monoisotopic (exact) mass is 388 g/mol. The van der Waals surface area contributed by atoms with Crippen molar-refractivity contribution >= 4 is 23.6 Å². The van der Waals surface area contributed by atoms with Crippen LogP contribution in [0.4, 0.5) is 18.0 Å². The number of halogens is 4. The summed E-state index contributed by atoms with van der Waals surface area (Å²) in [7, 11) is 0. The Morgan fingerprint density at radius 3 is 2.54 bits per heavy atom. The number of hydrogen-bond acceptors (Lipinski definition) is 4. The molecule has 2 atom stereocenters. The lowest BCUT2D eigenvalue weighted by molar-refractivity contribution is -0.144. The maximum Gasteiger partial charge on any atom is 0.449 e. The van der Waals surface area contributed by atoms with Gasteiger partial charge >= 0.3 is 12.3 Å². The molecule has 1 aromatic heterocycles. The Bertz CT molecular complexity index is 837. The summed E-state index contributed by atoms with van der Waals surface area (Å²) in [6, 6.07) is 5.15. The van der Waals surface area contributed by atoms with E-state index < -0.39 is 36.1 Å². The van der Waals surface area contributed by atoms with Gasteiger partial charge in [0.25, 0.3) is 5.91 Å². The number of alkyl halides is 3. The third-order valence-corrected chi connectivity index (χ3v) is 4.07. The first-order valence-electron chi connectivity index (χ1n) is 7.31. The van der Waals surface area contributed by atoms with Crippen LogP contribution in [0.25, 0.3) is 0 Å². The minimum absolute atomic E-state index is 0.00159. The number of imidazole rings is 1. The number of nitrogens with zero attached hydrogens (tertiary/aromatic N) is 2. The van der Waals surface area contributed by atoms with Crippen molar-refractivity contribution < 1.29 is 27.5 Å². The second-order valence-electron chi connectivity index (χ2n) is 5.57. The lowest BCUT2D eigenvalue weighted by Gasteiger charge is -2.25. The zero-order valence-electron chi connectivity index (χ0n) is 13.0. The number of amides is 2. The number of benzene rings is 1. The van der Waals surface area contributed by atoms with Gasteiger partial charge in [-0.2, -0.15) is 13.2 Å². The Hall–Kier alpha value is -2.75. The Morgan fingerprint density at radius 2 is 2.04 bits per heavy atom. The third-order valence-electron chi connectivity index (χ3n) is 3.81. The normalized spacial score (nSPS) is 18.7. The van der Waals surface area contributed by atoms with Crippen LogP contribution in [0.5, 0.6) is 0 Å². The van der Waals surface area contributed by atoms with Gasteiger partial charge < -0.3 is 15.5 Å². The van der Waals surface area contributed by atoms with E-state index in [-0.39, 0.29) is 12.2 Å². The number of rotatable bonds is 4. The summed E-state index contributed by atoms with van der Waals surface area (Å²) in [4.78, 5) is 30.1. The molecule has 1 fully saturated rings. The van der Waals surface area contributed by atoms with Crippen molar-refractivity contribution in [3.8, 4) is 0 Å². The molecule has 1 unspecified atom stereocenters. The van der Waals surface area contributed by atoms with Gasteiger partial charge in [-0.05, 0) is 17.7 Å². The van der Waals surface area contributed by atoms with Crippen molar-refractivity contribution in [1.29, 1.82) is 0 Å². The van der Waals surface area contributed by atoms with E-state index in [1.165, 1.54) is 12.1 Å². The van der Waals surface area contributed by atoms with Crippen LogP contribution < -0.4 is 5.73 Å². The number of carbonyl (C=O) groups excluding carboxylic acids is 2. The fraction of sp³-hybridized carbons (Fsp3) is 0.267. The van der Waals surface area contributed by atoms with Crippen LogP contribution in [0, 0.1) is 0 Å². The molecular formula is C15H12ClF3N4O3. The molecule has 0 saturated carbocycles. The van der Waals surface area contributed by atoms with Crippen molar-refractivity contribution in [2.75, 3.05) is 6.54 Å². The topological polar surface area (TPSA) is 101 Å². The highest BCUT2D eigenvalue weighted by Gasteiger charge is 2.42. The highest BCUT2D eigenvalue weighted by Crippen LogP contribution is 2.34. The van der Waals surface area contributed by atoms with Gasteiger partial charge in [0.05, 0.1) is 18.4 Å². The molecule has 2 heterocycles. The van der Waals surface area contributed by atoms with Gasteiger partial charge in [-0.1, -0.05) is 23.7 Å². The van der Waals surface area contributed by atoms with Crippen LogP contribution in [0.15, 0.2) is 30.5 Å². The fourth-order valence-electron chi connectivity index (χ4n) is 2.63. The zero-order chi connectivity index (χ0) is 19.1. The number of hydrogen-bond donors (Lipinski definition) is 2.